The van der Waals surface area contributed by atoms with E-state index in [9.17, 15) is 12.8 Å². The van der Waals surface area contributed by atoms with Gasteiger partial charge in [-0.25, -0.2) is 12.8 Å². The second kappa shape index (κ2) is 5.86. The second-order valence-electron chi connectivity index (χ2n) is 5.12. The van der Waals surface area contributed by atoms with Crippen molar-refractivity contribution in [1.29, 1.82) is 0 Å². The Balaban J connectivity index is 1.99. The summed E-state index contributed by atoms with van der Waals surface area (Å²) in [6.07, 6.45) is 2.48. The van der Waals surface area contributed by atoms with Crippen molar-refractivity contribution in [3.8, 4) is 0 Å². The van der Waals surface area contributed by atoms with Crippen molar-refractivity contribution < 1.29 is 17.5 Å². The van der Waals surface area contributed by atoms with E-state index in [0.29, 0.717) is 16.3 Å². The number of rotatable bonds is 3. The van der Waals surface area contributed by atoms with Crippen LogP contribution in [0.4, 0.5) is 10.1 Å². The van der Waals surface area contributed by atoms with E-state index < -0.39 is 15.7 Å². The summed E-state index contributed by atoms with van der Waals surface area (Å²) < 4.78 is 42.5. The quantitative estimate of drug-likeness (QED) is 0.844. The summed E-state index contributed by atoms with van der Waals surface area (Å²) in [4.78, 5) is 1.50. The molecule has 1 aliphatic heterocycles. The van der Waals surface area contributed by atoms with Gasteiger partial charge in [-0.2, -0.15) is 0 Å². The zero-order valence-corrected chi connectivity index (χ0v) is 13.7. The molecule has 3 rings (SSSR count). The highest BCUT2D eigenvalue weighted by Crippen LogP contribution is 2.32. The first-order valence-corrected chi connectivity index (χ1v) is 8.98. The van der Waals surface area contributed by atoms with E-state index in [1.54, 1.807) is 24.3 Å². The molecule has 0 aromatic heterocycles. The number of anilines is 1. The van der Waals surface area contributed by atoms with Crippen molar-refractivity contribution in [3.05, 3.63) is 65.1 Å². The third-order valence-corrected chi connectivity index (χ3v) is 4.80. The molecular formula is C16H13ClFNO3S. The molecule has 23 heavy (non-hydrogen) atoms. The van der Waals surface area contributed by atoms with Crippen molar-refractivity contribution >= 4 is 32.8 Å². The lowest BCUT2D eigenvalue weighted by atomic mass is 10.1. The summed E-state index contributed by atoms with van der Waals surface area (Å²) in [5.74, 6) is -0.788. The first-order valence-electron chi connectivity index (χ1n) is 6.71. The van der Waals surface area contributed by atoms with E-state index >= 15 is 0 Å². The van der Waals surface area contributed by atoms with E-state index in [1.165, 1.54) is 18.4 Å². The van der Waals surface area contributed by atoms with E-state index in [4.69, 9.17) is 16.3 Å². The fraction of sp³-hybridized carbons (Fsp3) is 0.125. The lowest BCUT2D eigenvalue weighted by Gasteiger charge is -2.20. The monoisotopic (exact) mass is 353 g/mol. The minimum Gasteiger partial charge on any atom is -0.478 e. The Labute approximate surface area is 138 Å². The minimum atomic E-state index is -3.60. The third-order valence-electron chi connectivity index (χ3n) is 3.44. The topological polar surface area (TPSA) is 46.6 Å². The van der Waals surface area contributed by atoms with Crippen LogP contribution in [0.3, 0.4) is 0 Å². The highest BCUT2D eigenvalue weighted by atomic mass is 35.5. The van der Waals surface area contributed by atoms with E-state index in [-0.39, 0.29) is 11.6 Å². The third kappa shape index (κ3) is 3.18. The largest absolute Gasteiger partial charge is 0.478 e. The molecule has 0 saturated heterocycles. The molecule has 0 bridgehead atoms. The zero-order chi connectivity index (χ0) is 16.6. The molecule has 7 heteroatoms. The molecule has 4 nitrogen and oxygen atoms in total. The molecule has 0 spiro atoms. The smallest absolute Gasteiger partial charge is 0.178 e. The fourth-order valence-corrected chi connectivity index (χ4v) is 3.28. The second-order valence-corrected chi connectivity index (χ2v) is 7.54. The van der Waals surface area contributed by atoms with Crippen LogP contribution in [0.2, 0.25) is 5.02 Å². The van der Waals surface area contributed by atoms with Gasteiger partial charge in [-0.05, 0) is 30.3 Å². The standard InChI is InChI=1S/C16H13ClFNO3S/c1-23(20,21)16-6-5-11(7-14(16)18)15-9-22-10-19(15)13-4-2-3-12(17)8-13/h2-9H,10H2,1H3. The maximum atomic E-state index is 14.1. The summed E-state index contributed by atoms with van der Waals surface area (Å²) >= 11 is 6.00. The Morgan fingerprint density at radius 2 is 2.00 bits per heavy atom. The Hall–Kier alpha value is -2.05. The number of ether oxygens (including phenoxy) is 1. The number of benzene rings is 2. The van der Waals surface area contributed by atoms with Crippen LogP contribution in [-0.2, 0) is 14.6 Å². The normalized spacial score (nSPS) is 14.6. The van der Waals surface area contributed by atoms with Gasteiger partial charge in [0.15, 0.2) is 16.6 Å². The van der Waals surface area contributed by atoms with Crippen LogP contribution in [0.5, 0.6) is 0 Å². The molecule has 0 saturated carbocycles. The molecule has 0 fully saturated rings. The van der Waals surface area contributed by atoms with Gasteiger partial charge >= 0.3 is 0 Å². The van der Waals surface area contributed by atoms with Gasteiger partial charge in [0.1, 0.15) is 17.0 Å². The minimum absolute atomic E-state index is 0.269. The maximum absolute atomic E-state index is 14.1. The molecule has 2 aromatic carbocycles. The molecular weight excluding hydrogens is 341 g/mol. The maximum Gasteiger partial charge on any atom is 0.178 e. The Morgan fingerprint density at radius 1 is 1.22 bits per heavy atom. The molecule has 1 aliphatic rings. The van der Waals surface area contributed by atoms with Crippen molar-refractivity contribution in [3.63, 3.8) is 0 Å². The summed E-state index contributed by atoms with van der Waals surface area (Å²) in [5, 5.41) is 0.576. The van der Waals surface area contributed by atoms with Crippen LogP contribution < -0.4 is 4.90 Å². The number of nitrogens with zero attached hydrogens (tertiary/aromatic N) is 1. The van der Waals surface area contributed by atoms with E-state index in [0.717, 1.165) is 11.9 Å². The lowest BCUT2D eigenvalue weighted by molar-refractivity contribution is 0.282. The van der Waals surface area contributed by atoms with Crippen LogP contribution >= 0.6 is 11.6 Å². The number of hydrogen-bond donors (Lipinski definition) is 0. The molecule has 0 aliphatic carbocycles. The van der Waals surface area contributed by atoms with Gasteiger partial charge < -0.3 is 9.64 Å². The van der Waals surface area contributed by atoms with Gasteiger partial charge in [-0.3, -0.25) is 0 Å². The van der Waals surface area contributed by atoms with Crippen molar-refractivity contribution in [2.75, 3.05) is 17.9 Å². The van der Waals surface area contributed by atoms with Crippen LogP contribution in [0, 0.1) is 5.82 Å². The van der Waals surface area contributed by atoms with Crippen LogP contribution in [0.1, 0.15) is 5.56 Å². The SMILES string of the molecule is CS(=O)(=O)c1ccc(C2=COCN2c2cccc(Cl)c2)cc1F. The molecule has 0 atom stereocenters. The van der Waals surface area contributed by atoms with Gasteiger partial charge in [-0.15, -0.1) is 0 Å². The predicted molar refractivity (Wildman–Crippen MR) is 87.4 cm³/mol. The highest BCUT2D eigenvalue weighted by molar-refractivity contribution is 7.90. The first kappa shape index (κ1) is 15.8. The van der Waals surface area contributed by atoms with Crippen molar-refractivity contribution in [2.45, 2.75) is 4.90 Å². The van der Waals surface area contributed by atoms with E-state index in [1.807, 2.05) is 11.0 Å². The molecule has 0 unspecified atom stereocenters. The van der Waals surface area contributed by atoms with Crippen molar-refractivity contribution in [2.24, 2.45) is 0 Å². The van der Waals surface area contributed by atoms with Crippen molar-refractivity contribution in [1.82, 2.24) is 0 Å². The highest BCUT2D eigenvalue weighted by Gasteiger charge is 2.22. The first-order chi connectivity index (χ1) is 10.9. The zero-order valence-electron chi connectivity index (χ0n) is 12.2. The van der Waals surface area contributed by atoms with Gasteiger partial charge in [0.05, 0.1) is 5.70 Å². The molecule has 0 radical (unpaired) electrons. The molecule has 1 heterocycles. The average molecular weight is 354 g/mol. The van der Waals surface area contributed by atoms with E-state index in [2.05, 4.69) is 0 Å². The summed E-state index contributed by atoms with van der Waals surface area (Å²) in [5.41, 5.74) is 1.95. The van der Waals surface area contributed by atoms with Gasteiger partial charge in [0.2, 0.25) is 0 Å². The molecule has 120 valence electrons. The number of sulfone groups is 1. The van der Waals surface area contributed by atoms with Crippen LogP contribution in [-0.4, -0.2) is 21.4 Å². The molecule has 0 amide bonds. The fourth-order valence-electron chi connectivity index (χ4n) is 2.37. The summed E-state index contributed by atoms with van der Waals surface area (Å²) in [6.45, 7) is 0.269. The number of hydrogen-bond acceptors (Lipinski definition) is 4. The summed E-state index contributed by atoms with van der Waals surface area (Å²) in [6, 6.07) is 11.2. The Kier molecular flexibility index (Phi) is 4.04. The Morgan fingerprint density at radius 3 is 2.65 bits per heavy atom. The molecule has 0 N–H and O–H groups in total. The number of halogens is 2. The lowest BCUT2D eigenvalue weighted by Crippen LogP contribution is -2.18. The predicted octanol–water partition coefficient (Wildman–Crippen LogP) is 3.68. The average Bonchev–Trinajstić information content (AvgIpc) is 2.95. The van der Waals surface area contributed by atoms with Gasteiger partial charge in [0.25, 0.3) is 0 Å². The van der Waals surface area contributed by atoms with Crippen LogP contribution in [0.25, 0.3) is 5.70 Å². The van der Waals surface area contributed by atoms with Gasteiger partial charge in [0, 0.05) is 22.5 Å². The van der Waals surface area contributed by atoms with Crippen LogP contribution in [0.15, 0.2) is 53.6 Å². The molecule has 2 aromatic rings. The van der Waals surface area contributed by atoms with Gasteiger partial charge in [-0.1, -0.05) is 23.7 Å². The summed E-state index contributed by atoms with van der Waals surface area (Å²) in [7, 11) is -3.60. The Bertz CT molecular complexity index is 896.